The Hall–Kier alpha value is -2.47. The largest absolute Gasteiger partial charge is 0.435 e. The van der Waals surface area contributed by atoms with Gasteiger partial charge in [0, 0.05) is 17.4 Å². The van der Waals surface area contributed by atoms with Crippen molar-refractivity contribution in [2.45, 2.75) is 26.7 Å². The van der Waals surface area contributed by atoms with Gasteiger partial charge in [-0.3, -0.25) is 4.79 Å². The van der Waals surface area contributed by atoms with E-state index < -0.39 is 0 Å². The number of carbonyl (C=O) groups is 1. The van der Waals surface area contributed by atoms with Crippen LogP contribution in [0.15, 0.2) is 45.2 Å². The van der Waals surface area contributed by atoms with Gasteiger partial charge in [-0.2, -0.15) is 5.10 Å². The number of aromatic nitrogens is 1. The summed E-state index contributed by atoms with van der Waals surface area (Å²) in [6, 6.07) is 9.89. The molecule has 1 aromatic carbocycles. The molecule has 5 nitrogen and oxygen atoms in total. The van der Waals surface area contributed by atoms with Crippen molar-refractivity contribution < 1.29 is 9.21 Å². The molecule has 128 valence electrons. The number of nitrogens with one attached hydrogen (secondary N) is 1. The number of hydrogen-bond donors (Lipinski definition) is 1. The molecule has 0 fully saturated rings. The Balaban J connectivity index is 1.70. The number of thiophene rings is 1. The number of benzene rings is 1. The van der Waals surface area contributed by atoms with Gasteiger partial charge in [0.15, 0.2) is 5.58 Å². The first kappa shape index (κ1) is 16.0. The number of carbonyl (C=O) groups excluding carboxylic acids is 1. The fraction of sp³-hybridized carbons (Fsp3) is 0.316. The van der Waals surface area contributed by atoms with Crippen LogP contribution in [0.2, 0.25) is 0 Å². The lowest BCUT2D eigenvalue weighted by atomic mass is 9.82. The summed E-state index contributed by atoms with van der Waals surface area (Å²) in [5, 5.41) is 6.32. The molecule has 0 spiro atoms. The molecular formula is C19H19N3O2S. The van der Waals surface area contributed by atoms with E-state index in [4.69, 9.17) is 4.42 Å². The predicted molar refractivity (Wildman–Crippen MR) is 99.6 cm³/mol. The zero-order valence-electron chi connectivity index (χ0n) is 14.2. The summed E-state index contributed by atoms with van der Waals surface area (Å²) in [5.41, 5.74) is 6.10. The van der Waals surface area contributed by atoms with Crippen LogP contribution in [0.3, 0.4) is 0 Å². The number of hydrazone groups is 1. The minimum atomic E-state index is -0.0374. The lowest BCUT2D eigenvalue weighted by Gasteiger charge is -2.27. The van der Waals surface area contributed by atoms with Crippen molar-refractivity contribution in [2.24, 2.45) is 16.9 Å². The second-order valence-electron chi connectivity index (χ2n) is 6.34. The average molecular weight is 353 g/mol. The molecule has 25 heavy (non-hydrogen) atoms. The second kappa shape index (κ2) is 6.44. The molecular weight excluding hydrogens is 334 g/mol. The predicted octanol–water partition coefficient (Wildman–Crippen LogP) is 4.44. The van der Waals surface area contributed by atoms with Crippen molar-refractivity contribution in [3.8, 4) is 10.8 Å². The van der Waals surface area contributed by atoms with Gasteiger partial charge in [0.05, 0.1) is 10.6 Å². The molecule has 0 bridgehead atoms. The van der Waals surface area contributed by atoms with E-state index in [0.29, 0.717) is 5.89 Å². The monoisotopic (exact) mass is 353 g/mol. The summed E-state index contributed by atoms with van der Waals surface area (Å²) in [7, 11) is 0. The quantitative estimate of drug-likeness (QED) is 0.754. The molecule has 0 saturated carbocycles. The highest BCUT2D eigenvalue weighted by molar-refractivity contribution is 7.13. The van der Waals surface area contributed by atoms with Gasteiger partial charge in [0.25, 0.3) is 0 Å². The van der Waals surface area contributed by atoms with Crippen molar-refractivity contribution in [2.75, 3.05) is 0 Å². The van der Waals surface area contributed by atoms with Crippen LogP contribution in [0.5, 0.6) is 0 Å². The summed E-state index contributed by atoms with van der Waals surface area (Å²) in [6.07, 6.45) is 1.83. The van der Waals surface area contributed by atoms with Crippen LogP contribution in [0.1, 0.15) is 32.3 Å². The van der Waals surface area contributed by atoms with Gasteiger partial charge in [-0.1, -0.05) is 32.4 Å². The van der Waals surface area contributed by atoms with Gasteiger partial charge in [0.2, 0.25) is 11.8 Å². The van der Waals surface area contributed by atoms with E-state index in [1.54, 1.807) is 11.3 Å². The molecule has 3 aromatic rings. The minimum Gasteiger partial charge on any atom is -0.435 e. The fourth-order valence-corrected chi connectivity index (χ4v) is 3.98. The summed E-state index contributed by atoms with van der Waals surface area (Å²) >= 11 is 1.60. The third-order valence-corrected chi connectivity index (χ3v) is 5.53. The highest BCUT2D eigenvalue weighted by Crippen LogP contribution is 2.30. The molecule has 1 aliphatic rings. The Bertz CT molecular complexity index is 943. The molecule has 0 aliphatic carbocycles. The maximum Gasteiger partial charge on any atom is 0.243 e. The van der Waals surface area contributed by atoms with Crippen molar-refractivity contribution in [3.63, 3.8) is 0 Å². The Kier molecular flexibility index (Phi) is 4.13. The number of amides is 1. The molecule has 0 unspecified atom stereocenters. The Morgan fingerprint density at radius 1 is 1.32 bits per heavy atom. The van der Waals surface area contributed by atoms with Crippen LogP contribution < -0.4 is 5.43 Å². The standard InChI is InChI=1S/C19H19N3O2S/c1-3-5-13-11(2)17(21-22-18(13)23)12-7-8-14-15(10-12)24-19(20-14)16-6-4-9-25-16/h4,6-11,13H,3,5H2,1-2H3,(H,22,23)/t11-,13-/m0/s1. The summed E-state index contributed by atoms with van der Waals surface area (Å²) in [6.45, 7) is 4.16. The van der Waals surface area contributed by atoms with E-state index in [0.717, 1.165) is 40.1 Å². The molecule has 1 aliphatic heterocycles. The summed E-state index contributed by atoms with van der Waals surface area (Å²) in [4.78, 5) is 17.6. The third-order valence-electron chi connectivity index (χ3n) is 4.67. The third kappa shape index (κ3) is 2.87. The topological polar surface area (TPSA) is 67.5 Å². The number of nitrogens with zero attached hydrogens (tertiary/aromatic N) is 2. The van der Waals surface area contributed by atoms with E-state index in [1.807, 2.05) is 35.7 Å². The SMILES string of the molecule is CCC[C@@H]1C(=O)NN=C(c2ccc3nc(-c4cccs4)oc3c2)[C@H]1C. The van der Waals surface area contributed by atoms with E-state index >= 15 is 0 Å². The van der Waals surface area contributed by atoms with Gasteiger partial charge < -0.3 is 4.42 Å². The molecule has 6 heteroatoms. The van der Waals surface area contributed by atoms with Crippen LogP contribution in [0, 0.1) is 11.8 Å². The van der Waals surface area contributed by atoms with Gasteiger partial charge in [-0.15, -0.1) is 11.3 Å². The number of oxazole rings is 1. The van der Waals surface area contributed by atoms with Crippen LogP contribution >= 0.6 is 11.3 Å². The first-order valence-electron chi connectivity index (χ1n) is 8.49. The zero-order chi connectivity index (χ0) is 17.4. The highest BCUT2D eigenvalue weighted by Gasteiger charge is 2.32. The number of fused-ring (bicyclic) bond motifs is 1. The number of rotatable bonds is 4. The van der Waals surface area contributed by atoms with Crippen molar-refractivity contribution in [1.29, 1.82) is 0 Å². The zero-order valence-corrected chi connectivity index (χ0v) is 15.0. The maximum atomic E-state index is 12.1. The Morgan fingerprint density at radius 3 is 2.96 bits per heavy atom. The molecule has 0 saturated heterocycles. The van der Waals surface area contributed by atoms with Crippen LogP contribution in [-0.4, -0.2) is 16.6 Å². The fourth-order valence-electron chi connectivity index (χ4n) is 3.33. The first-order chi connectivity index (χ1) is 12.2. The van der Waals surface area contributed by atoms with Crippen molar-refractivity contribution >= 4 is 34.1 Å². The second-order valence-corrected chi connectivity index (χ2v) is 7.28. The Morgan fingerprint density at radius 2 is 2.20 bits per heavy atom. The van der Waals surface area contributed by atoms with Crippen LogP contribution in [-0.2, 0) is 4.79 Å². The summed E-state index contributed by atoms with van der Waals surface area (Å²) in [5.74, 6) is 0.687. The lowest BCUT2D eigenvalue weighted by molar-refractivity contribution is -0.126. The van der Waals surface area contributed by atoms with Crippen molar-refractivity contribution in [3.05, 3.63) is 41.3 Å². The van der Waals surface area contributed by atoms with Gasteiger partial charge in [-0.05, 0) is 30.0 Å². The Labute approximate surface area is 149 Å². The number of hydrogen-bond acceptors (Lipinski definition) is 5. The van der Waals surface area contributed by atoms with E-state index in [2.05, 4.69) is 29.4 Å². The smallest absolute Gasteiger partial charge is 0.243 e. The first-order valence-corrected chi connectivity index (χ1v) is 9.37. The van der Waals surface area contributed by atoms with Gasteiger partial charge in [-0.25, -0.2) is 10.4 Å². The average Bonchev–Trinajstić information content (AvgIpc) is 3.26. The highest BCUT2D eigenvalue weighted by atomic mass is 32.1. The maximum absolute atomic E-state index is 12.1. The molecule has 1 amide bonds. The minimum absolute atomic E-state index is 0.0128. The molecule has 0 radical (unpaired) electrons. The molecule has 3 heterocycles. The van der Waals surface area contributed by atoms with Crippen LogP contribution in [0.4, 0.5) is 0 Å². The van der Waals surface area contributed by atoms with Crippen LogP contribution in [0.25, 0.3) is 21.9 Å². The van der Waals surface area contributed by atoms with Gasteiger partial charge >= 0.3 is 0 Å². The van der Waals surface area contributed by atoms with E-state index in [9.17, 15) is 4.79 Å². The molecule has 2 atom stereocenters. The van der Waals surface area contributed by atoms with Gasteiger partial charge in [0.1, 0.15) is 5.52 Å². The van der Waals surface area contributed by atoms with Crippen molar-refractivity contribution in [1.82, 2.24) is 10.4 Å². The van der Waals surface area contributed by atoms with E-state index in [1.165, 1.54) is 0 Å². The summed E-state index contributed by atoms with van der Waals surface area (Å²) < 4.78 is 5.93. The van der Waals surface area contributed by atoms with E-state index in [-0.39, 0.29) is 17.7 Å². The molecule has 4 rings (SSSR count). The molecule has 2 aromatic heterocycles. The normalized spacial score (nSPS) is 20.6. The molecule has 1 N–H and O–H groups in total. The lowest BCUT2D eigenvalue weighted by Crippen LogP contribution is -2.40.